The van der Waals surface area contributed by atoms with Gasteiger partial charge in [0, 0.05) is 16.9 Å². The Morgan fingerprint density at radius 3 is 2.78 bits per heavy atom. The van der Waals surface area contributed by atoms with Crippen LogP contribution in [0.1, 0.15) is 16.8 Å². The topological polar surface area (TPSA) is 62.1 Å². The number of carbonyl (C=O) groups is 1. The summed E-state index contributed by atoms with van der Waals surface area (Å²) in [6, 6.07) is 9.30. The molecule has 5 heteroatoms. The van der Waals surface area contributed by atoms with Crippen LogP contribution in [0.3, 0.4) is 0 Å². The standard InChI is InChI=1S/C13H12N2O2S/c1-18-11-4-2-9(3-5-11)12(16)15-13-10(8-14)6-7-17-13/h2-5H,6-7H2,1H3,(H,15,16). The average Bonchev–Trinajstić information content (AvgIpc) is 2.86. The molecule has 1 amide bonds. The van der Waals surface area contributed by atoms with E-state index in [1.54, 1.807) is 23.9 Å². The Labute approximate surface area is 110 Å². The fourth-order valence-electron chi connectivity index (χ4n) is 1.59. The van der Waals surface area contributed by atoms with Gasteiger partial charge in [-0.15, -0.1) is 11.8 Å². The van der Waals surface area contributed by atoms with Crippen molar-refractivity contribution in [2.24, 2.45) is 0 Å². The number of hydrogen-bond donors (Lipinski definition) is 1. The lowest BCUT2D eigenvalue weighted by Gasteiger charge is -2.07. The van der Waals surface area contributed by atoms with Crippen molar-refractivity contribution >= 4 is 17.7 Å². The summed E-state index contributed by atoms with van der Waals surface area (Å²) in [6.07, 6.45) is 2.53. The van der Waals surface area contributed by atoms with Gasteiger partial charge in [-0.1, -0.05) is 0 Å². The normalized spacial score (nSPS) is 14.0. The van der Waals surface area contributed by atoms with Crippen molar-refractivity contribution in [3.05, 3.63) is 41.3 Å². The monoisotopic (exact) mass is 260 g/mol. The number of ether oxygens (including phenoxy) is 1. The molecule has 18 heavy (non-hydrogen) atoms. The molecule has 0 saturated heterocycles. The molecule has 0 unspecified atom stereocenters. The highest BCUT2D eigenvalue weighted by Crippen LogP contribution is 2.18. The van der Waals surface area contributed by atoms with Crippen LogP contribution >= 0.6 is 11.8 Å². The minimum Gasteiger partial charge on any atom is -0.478 e. The van der Waals surface area contributed by atoms with Gasteiger partial charge in [0.15, 0.2) is 0 Å². The molecule has 0 radical (unpaired) electrons. The van der Waals surface area contributed by atoms with E-state index in [1.807, 2.05) is 24.5 Å². The van der Waals surface area contributed by atoms with Crippen LogP contribution in [0.15, 0.2) is 40.6 Å². The maximum atomic E-state index is 11.9. The number of amides is 1. The van der Waals surface area contributed by atoms with Gasteiger partial charge in [-0.25, -0.2) is 0 Å². The fraction of sp³-hybridized carbons (Fsp3) is 0.231. The van der Waals surface area contributed by atoms with E-state index in [0.717, 1.165) is 4.90 Å². The predicted molar refractivity (Wildman–Crippen MR) is 68.9 cm³/mol. The smallest absolute Gasteiger partial charge is 0.257 e. The van der Waals surface area contributed by atoms with Gasteiger partial charge < -0.3 is 4.74 Å². The molecule has 0 aromatic heterocycles. The summed E-state index contributed by atoms with van der Waals surface area (Å²) in [5.41, 5.74) is 1.04. The molecule has 2 rings (SSSR count). The van der Waals surface area contributed by atoms with Gasteiger partial charge in [0.2, 0.25) is 5.88 Å². The van der Waals surface area contributed by atoms with Crippen LogP contribution < -0.4 is 5.32 Å². The zero-order valence-corrected chi connectivity index (χ0v) is 10.7. The molecule has 1 aliphatic heterocycles. The molecule has 0 atom stereocenters. The van der Waals surface area contributed by atoms with Crippen molar-refractivity contribution in [2.75, 3.05) is 12.9 Å². The van der Waals surface area contributed by atoms with E-state index in [1.165, 1.54) is 0 Å². The maximum absolute atomic E-state index is 11.9. The van der Waals surface area contributed by atoms with E-state index in [4.69, 9.17) is 10.00 Å². The number of nitrogens with one attached hydrogen (secondary N) is 1. The Balaban J connectivity index is 2.10. The van der Waals surface area contributed by atoms with E-state index in [2.05, 4.69) is 5.32 Å². The van der Waals surface area contributed by atoms with E-state index in [0.29, 0.717) is 24.2 Å². The van der Waals surface area contributed by atoms with Crippen LogP contribution in [-0.4, -0.2) is 18.8 Å². The highest BCUT2D eigenvalue weighted by atomic mass is 32.2. The van der Waals surface area contributed by atoms with Crippen LogP contribution in [0.2, 0.25) is 0 Å². The lowest BCUT2D eigenvalue weighted by molar-refractivity contribution is 0.0930. The molecular weight excluding hydrogens is 248 g/mol. The summed E-state index contributed by atoms with van der Waals surface area (Å²) in [6.45, 7) is 0.448. The molecule has 0 fully saturated rings. The highest BCUT2D eigenvalue weighted by molar-refractivity contribution is 7.98. The Kier molecular flexibility index (Phi) is 3.90. The van der Waals surface area contributed by atoms with Gasteiger partial charge in [0.25, 0.3) is 5.91 Å². The maximum Gasteiger partial charge on any atom is 0.257 e. The minimum absolute atomic E-state index is 0.257. The Hall–Kier alpha value is -1.93. The van der Waals surface area contributed by atoms with Crippen LogP contribution in [0, 0.1) is 11.3 Å². The van der Waals surface area contributed by atoms with E-state index >= 15 is 0 Å². The first-order valence-corrected chi connectivity index (χ1v) is 6.68. The van der Waals surface area contributed by atoms with E-state index < -0.39 is 0 Å². The first-order chi connectivity index (χ1) is 8.74. The molecule has 0 spiro atoms. The quantitative estimate of drug-likeness (QED) is 0.847. The number of hydrogen-bond acceptors (Lipinski definition) is 4. The molecule has 92 valence electrons. The van der Waals surface area contributed by atoms with Gasteiger partial charge in [0.1, 0.15) is 6.07 Å². The van der Waals surface area contributed by atoms with Crippen molar-refractivity contribution in [1.82, 2.24) is 5.32 Å². The number of rotatable bonds is 3. The van der Waals surface area contributed by atoms with Crippen molar-refractivity contribution in [2.45, 2.75) is 11.3 Å². The zero-order valence-electron chi connectivity index (χ0n) is 9.90. The Bertz CT molecular complexity index is 529. The third-order valence-corrected chi connectivity index (χ3v) is 3.33. The van der Waals surface area contributed by atoms with Crippen molar-refractivity contribution < 1.29 is 9.53 Å². The molecule has 1 aliphatic rings. The second-order valence-corrected chi connectivity index (χ2v) is 4.58. The average molecular weight is 260 g/mol. The zero-order chi connectivity index (χ0) is 13.0. The molecule has 1 heterocycles. The minimum atomic E-state index is -0.257. The molecule has 1 N–H and O–H groups in total. The lowest BCUT2D eigenvalue weighted by Crippen LogP contribution is -2.23. The summed E-state index contributed by atoms with van der Waals surface area (Å²) in [7, 11) is 0. The summed E-state index contributed by atoms with van der Waals surface area (Å²) in [4.78, 5) is 13.0. The van der Waals surface area contributed by atoms with E-state index in [-0.39, 0.29) is 11.8 Å². The third-order valence-electron chi connectivity index (χ3n) is 2.59. The van der Waals surface area contributed by atoms with Crippen molar-refractivity contribution in [1.29, 1.82) is 5.26 Å². The molecule has 1 aromatic carbocycles. The van der Waals surface area contributed by atoms with Gasteiger partial charge in [-0.3, -0.25) is 10.1 Å². The largest absolute Gasteiger partial charge is 0.478 e. The third kappa shape index (κ3) is 2.66. The van der Waals surface area contributed by atoms with Gasteiger partial charge >= 0.3 is 0 Å². The van der Waals surface area contributed by atoms with Crippen molar-refractivity contribution in [3.8, 4) is 6.07 Å². The SMILES string of the molecule is CSc1ccc(C(=O)NC2=C(C#N)CCO2)cc1. The summed E-state index contributed by atoms with van der Waals surface area (Å²) in [5, 5.41) is 11.5. The van der Waals surface area contributed by atoms with Crippen LogP contribution in [0.5, 0.6) is 0 Å². The van der Waals surface area contributed by atoms with E-state index in [9.17, 15) is 4.79 Å². The van der Waals surface area contributed by atoms with Crippen LogP contribution in [0.25, 0.3) is 0 Å². The summed E-state index contributed by atoms with van der Waals surface area (Å²) in [5.74, 6) is 0.0312. The molecular formula is C13H12N2O2S. The van der Waals surface area contributed by atoms with Gasteiger partial charge in [-0.05, 0) is 30.5 Å². The first kappa shape index (κ1) is 12.5. The number of nitrogens with zero attached hydrogens (tertiary/aromatic N) is 1. The Morgan fingerprint density at radius 2 is 2.17 bits per heavy atom. The summed E-state index contributed by atoms with van der Waals surface area (Å²) < 4.78 is 5.21. The van der Waals surface area contributed by atoms with Gasteiger partial charge in [-0.2, -0.15) is 5.26 Å². The summed E-state index contributed by atoms with van der Waals surface area (Å²) >= 11 is 1.62. The first-order valence-electron chi connectivity index (χ1n) is 5.46. The molecule has 0 saturated carbocycles. The molecule has 1 aromatic rings. The number of carbonyl (C=O) groups excluding carboxylic acids is 1. The molecule has 0 aliphatic carbocycles. The highest BCUT2D eigenvalue weighted by Gasteiger charge is 2.18. The molecule has 0 bridgehead atoms. The second kappa shape index (κ2) is 5.61. The number of thioether (sulfide) groups is 1. The van der Waals surface area contributed by atoms with Crippen molar-refractivity contribution in [3.63, 3.8) is 0 Å². The fourth-order valence-corrected chi connectivity index (χ4v) is 2.00. The van der Waals surface area contributed by atoms with Crippen LogP contribution in [-0.2, 0) is 4.74 Å². The lowest BCUT2D eigenvalue weighted by atomic mass is 10.2. The number of nitriles is 1. The molecule has 4 nitrogen and oxygen atoms in total. The predicted octanol–water partition coefficient (Wildman–Crippen LogP) is 2.29. The second-order valence-electron chi connectivity index (χ2n) is 3.70. The number of benzene rings is 1. The Morgan fingerprint density at radius 1 is 1.44 bits per heavy atom. The van der Waals surface area contributed by atoms with Crippen LogP contribution in [0.4, 0.5) is 0 Å². The van der Waals surface area contributed by atoms with Gasteiger partial charge in [0.05, 0.1) is 12.2 Å².